The molecule has 0 aromatic heterocycles. The first-order chi connectivity index (χ1) is 14.1. The van der Waals surface area contributed by atoms with E-state index < -0.39 is 0 Å². The van der Waals surface area contributed by atoms with Crippen LogP contribution >= 0.6 is 11.8 Å². The molecule has 1 unspecified atom stereocenters. The second-order valence-corrected chi connectivity index (χ2v) is 9.33. The molecule has 29 heavy (non-hydrogen) atoms. The van der Waals surface area contributed by atoms with Gasteiger partial charge in [0.05, 0.1) is 0 Å². The minimum absolute atomic E-state index is 0.0414. The second-order valence-electron chi connectivity index (χ2n) is 7.99. The number of piperidine rings is 1. The van der Waals surface area contributed by atoms with E-state index >= 15 is 0 Å². The van der Waals surface area contributed by atoms with Crippen molar-refractivity contribution in [2.75, 3.05) is 19.6 Å². The van der Waals surface area contributed by atoms with Crippen LogP contribution in [0.1, 0.15) is 52.8 Å². The zero-order valence-corrected chi connectivity index (χ0v) is 17.3. The van der Waals surface area contributed by atoms with E-state index in [9.17, 15) is 14.0 Å². The number of rotatable bonds is 6. The third kappa shape index (κ3) is 4.96. The van der Waals surface area contributed by atoms with E-state index in [0.717, 1.165) is 55.8 Å². The Kier molecular flexibility index (Phi) is 6.46. The third-order valence-corrected chi connectivity index (χ3v) is 7.33. The number of carbonyl (C=O) groups is 2. The predicted molar refractivity (Wildman–Crippen MR) is 114 cm³/mol. The first-order valence-corrected chi connectivity index (χ1v) is 11.3. The topological polar surface area (TPSA) is 37.4 Å². The molecule has 1 atom stereocenters. The van der Waals surface area contributed by atoms with Gasteiger partial charge in [-0.3, -0.25) is 9.59 Å². The van der Waals surface area contributed by atoms with Crippen molar-refractivity contribution >= 4 is 23.3 Å². The Morgan fingerprint density at radius 1 is 1.07 bits per heavy atom. The summed E-state index contributed by atoms with van der Waals surface area (Å²) in [5, 5.41) is 0.370. The lowest BCUT2D eigenvalue weighted by molar-refractivity contribution is 0.0839. The van der Waals surface area contributed by atoms with Gasteiger partial charge in [-0.15, -0.1) is 11.8 Å². The highest BCUT2D eigenvalue weighted by Crippen LogP contribution is 2.37. The fraction of sp³-hybridized carbons (Fsp3) is 0.417. The summed E-state index contributed by atoms with van der Waals surface area (Å²) in [6, 6.07) is 13.8. The molecule has 1 saturated heterocycles. The average molecular weight is 412 g/mol. The molecule has 1 fully saturated rings. The van der Waals surface area contributed by atoms with Crippen LogP contribution in [-0.2, 0) is 0 Å². The Morgan fingerprint density at radius 3 is 2.55 bits per heavy atom. The van der Waals surface area contributed by atoms with Crippen molar-refractivity contribution in [2.24, 2.45) is 5.92 Å². The maximum Gasteiger partial charge on any atom is 0.166 e. The van der Waals surface area contributed by atoms with Crippen molar-refractivity contribution in [3.8, 4) is 0 Å². The summed E-state index contributed by atoms with van der Waals surface area (Å²) in [5.41, 5.74) is 1.49. The fourth-order valence-corrected chi connectivity index (χ4v) is 5.65. The number of nitrogens with zero attached hydrogens (tertiary/aromatic N) is 1. The van der Waals surface area contributed by atoms with Gasteiger partial charge in [-0.1, -0.05) is 18.2 Å². The van der Waals surface area contributed by atoms with Gasteiger partial charge in [0.1, 0.15) is 5.82 Å². The van der Waals surface area contributed by atoms with Crippen molar-refractivity contribution < 1.29 is 14.0 Å². The highest BCUT2D eigenvalue weighted by Gasteiger charge is 2.27. The largest absolute Gasteiger partial charge is 0.303 e. The average Bonchev–Trinajstić information content (AvgIpc) is 2.74. The molecule has 2 aliphatic rings. The summed E-state index contributed by atoms with van der Waals surface area (Å²) in [6.45, 7) is 2.87. The van der Waals surface area contributed by atoms with Gasteiger partial charge in [0.25, 0.3) is 0 Å². The van der Waals surface area contributed by atoms with Gasteiger partial charge in [-0.2, -0.15) is 0 Å². The number of ketones is 2. The molecular weight excluding hydrogens is 385 g/mol. The quantitative estimate of drug-likeness (QED) is 0.609. The number of likely N-dealkylation sites (tertiary alicyclic amines) is 1. The molecule has 0 amide bonds. The fourth-order valence-electron chi connectivity index (χ4n) is 4.31. The van der Waals surface area contributed by atoms with Gasteiger partial charge in [-0.25, -0.2) is 4.39 Å². The molecule has 152 valence electrons. The monoisotopic (exact) mass is 411 g/mol. The predicted octanol–water partition coefficient (Wildman–Crippen LogP) is 5.25. The van der Waals surface area contributed by atoms with Crippen molar-refractivity contribution in [3.05, 3.63) is 65.5 Å². The molecule has 2 aromatic carbocycles. The van der Waals surface area contributed by atoms with Crippen molar-refractivity contribution in [1.29, 1.82) is 0 Å². The summed E-state index contributed by atoms with van der Waals surface area (Å²) < 4.78 is 13.1. The van der Waals surface area contributed by atoms with E-state index in [1.165, 1.54) is 12.1 Å². The van der Waals surface area contributed by atoms with Gasteiger partial charge in [0.2, 0.25) is 0 Å². The first kappa shape index (κ1) is 20.3. The maximum absolute atomic E-state index is 13.1. The molecule has 2 heterocycles. The van der Waals surface area contributed by atoms with Crippen LogP contribution in [0.2, 0.25) is 0 Å². The number of halogens is 1. The highest BCUT2D eigenvalue weighted by atomic mass is 32.2. The number of benzene rings is 2. The number of fused-ring (bicyclic) bond motifs is 1. The molecule has 0 spiro atoms. The Labute approximate surface area is 175 Å². The van der Waals surface area contributed by atoms with E-state index in [4.69, 9.17) is 0 Å². The molecule has 5 heteroatoms. The molecule has 2 aromatic rings. The molecule has 0 saturated carbocycles. The molecule has 2 aliphatic heterocycles. The van der Waals surface area contributed by atoms with Crippen LogP contribution in [0.15, 0.2) is 53.4 Å². The smallest absolute Gasteiger partial charge is 0.166 e. The third-order valence-electron chi connectivity index (χ3n) is 5.98. The standard InChI is InChI=1S/C24H26FNO2S/c25-19-9-7-17(8-10-19)24(28)18-11-14-26(15-12-18)13-3-4-20-16-22(27)21-5-1-2-6-23(21)29-20/h1-2,5-10,18,20H,3-4,11-16H2. The molecule has 0 N–H and O–H groups in total. The van der Waals surface area contributed by atoms with Gasteiger partial charge >= 0.3 is 0 Å². The highest BCUT2D eigenvalue weighted by molar-refractivity contribution is 8.00. The lowest BCUT2D eigenvalue weighted by Gasteiger charge is -2.32. The van der Waals surface area contributed by atoms with Crippen LogP contribution in [-0.4, -0.2) is 41.4 Å². The number of Topliss-reactive ketones (excluding diaryl/α,β-unsaturated/α-hetero) is 2. The van der Waals surface area contributed by atoms with Crippen LogP contribution in [0.25, 0.3) is 0 Å². The Bertz CT molecular complexity index is 875. The maximum atomic E-state index is 13.1. The SMILES string of the molecule is O=C1CC(CCCN2CCC(C(=O)c3ccc(F)cc3)CC2)Sc2ccccc21. The zero-order chi connectivity index (χ0) is 20.2. The van der Waals surface area contributed by atoms with Crippen LogP contribution in [0.5, 0.6) is 0 Å². The molecular formula is C24H26FNO2S. The lowest BCUT2D eigenvalue weighted by atomic mass is 9.89. The van der Waals surface area contributed by atoms with E-state index in [0.29, 0.717) is 17.2 Å². The molecule has 0 radical (unpaired) electrons. The summed E-state index contributed by atoms with van der Waals surface area (Å²) in [6.07, 6.45) is 4.47. The summed E-state index contributed by atoms with van der Waals surface area (Å²) >= 11 is 1.84. The number of hydrogen-bond acceptors (Lipinski definition) is 4. The van der Waals surface area contributed by atoms with Gasteiger partial charge in [0, 0.05) is 33.6 Å². The van der Waals surface area contributed by atoms with Crippen molar-refractivity contribution in [1.82, 2.24) is 4.90 Å². The zero-order valence-electron chi connectivity index (χ0n) is 16.5. The second kappa shape index (κ2) is 9.23. The summed E-state index contributed by atoms with van der Waals surface area (Å²) in [4.78, 5) is 28.5. The van der Waals surface area contributed by atoms with E-state index in [-0.39, 0.29) is 23.3 Å². The Hall–Kier alpha value is -1.98. The lowest BCUT2D eigenvalue weighted by Crippen LogP contribution is -2.37. The number of thioether (sulfide) groups is 1. The van der Waals surface area contributed by atoms with E-state index in [1.54, 1.807) is 12.1 Å². The van der Waals surface area contributed by atoms with Crippen LogP contribution < -0.4 is 0 Å². The normalized spacial score (nSPS) is 20.4. The van der Waals surface area contributed by atoms with Gasteiger partial charge < -0.3 is 4.90 Å². The van der Waals surface area contributed by atoms with E-state index in [2.05, 4.69) is 4.90 Å². The molecule has 0 aliphatic carbocycles. The van der Waals surface area contributed by atoms with Crippen molar-refractivity contribution in [2.45, 2.75) is 42.2 Å². The molecule has 4 rings (SSSR count). The van der Waals surface area contributed by atoms with Gasteiger partial charge in [-0.05, 0) is 75.6 Å². The minimum atomic E-state index is -0.308. The van der Waals surface area contributed by atoms with Gasteiger partial charge in [0.15, 0.2) is 11.6 Å². The number of hydrogen-bond donors (Lipinski definition) is 0. The molecule has 0 bridgehead atoms. The van der Waals surface area contributed by atoms with Crippen LogP contribution in [0.3, 0.4) is 0 Å². The Morgan fingerprint density at radius 2 is 1.79 bits per heavy atom. The number of carbonyl (C=O) groups excluding carboxylic acids is 2. The Balaban J connectivity index is 1.20. The van der Waals surface area contributed by atoms with Crippen LogP contribution in [0.4, 0.5) is 4.39 Å². The summed E-state index contributed by atoms with van der Waals surface area (Å²) in [7, 11) is 0. The summed E-state index contributed by atoms with van der Waals surface area (Å²) in [5.74, 6) is 0.141. The van der Waals surface area contributed by atoms with E-state index in [1.807, 2.05) is 36.0 Å². The van der Waals surface area contributed by atoms with Crippen molar-refractivity contribution in [3.63, 3.8) is 0 Å². The minimum Gasteiger partial charge on any atom is -0.303 e. The molecule has 3 nitrogen and oxygen atoms in total. The van der Waals surface area contributed by atoms with Crippen LogP contribution in [0, 0.1) is 11.7 Å². The first-order valence-electron chi connectivity index (χ1n) is 10.4.